The van der Waals surface area contributed by atoms with E-state index in [0.717, 1.165) is 12.0 Å². The van der Waals surface area contributed by atoms with Gasteiger partial charge in [-0.15, -0.1) is 0 Å². The zero-order valence-electron chi connectivity index (χ0n) is 10.3. The Morgan fingerprint density at radius 1 is 1.39 bits per heavy atom. The first-order valence-corrected chi connectivity index (χ1v) is 6.08. The van der Waals surface area contributed by atoms with E-state index in [9.17, 15) is 9.59 Å². The maximum atomic E-state index is 12.0. The highest BCUT2D eigenvalue weighted by Gasteiger charge is 2.36. The molecule has 0 radical (unpaired) electrons. The molecule has 96 valence electrons. The smallest absolute Gasteiger partial charge is 0.325 e. The highest BCUT2D eigenvalue weighted by molar-refractivity contribution is 6.04. The average Bonchev–Trinajstić information content (AvgIpc) is 2.58. The van der Waals surface area contributed by atoms with E-state index in [1.54, 1.807) is 12.1 Å². The van der Waals surface area contributed by atoms with Crippen molar-refractivity contribution in [1.82, 2.24) is 10.2 Å². The standard InChI is InChI=1S/C13H17N3O2/c1-2-4-11-12(17)16(13(18)15-11)8-9-5-3-6-10(14)7-9/h3,5-7,11H,2,4,8,14H2,1H3,(H,15,18). The van der Waals surface area contributed by atoms with E-state index >= 15 is 0 Å². The zero-order valence-corrected chi connectivity index (χ0v) is 10.3. The summed E-state index contributed by atoms with van der Waals surface area (Å²) in [5.41, 5.74) is 7.16. The normalized spacial score (nSPS) is 19.2. The van der Waals surface area contributed by atoms with Crippen LogP contribution in [0.5, 0.6) is 0 Å². The molecule has 0 aromatic heterocycles. The van der Waals surface area contributed by atoms with E-state index in [2.05, 4.69) is 5.32 Å². The van der Waals surface area contributed by atoms with E-state index in [1.807, 2.05) is 19.1 Å². The fraction of sp³-hybridized carbons (Fsp3) is 0.385. The maximum Gasteiger partial charge on any atom is 0.325 e. The highest BCUT2D eigenvalue weighted by Crippen LogP contribution is 2.16. The first-order valence-electron chi connectivity index (χ1n) is 6.08. The fourth-order valence-electron chi connectivity index (χ4n) is 2.08. The molecular formula is C13H17N3O2. The first-order chi connectivity index (χ1) is 8.61. The minimum absolute atomic E-state index is 0.149. The van der Waals surface area contributed by atoms with Gasteiger partial charge in [0.25, 0.3) is 5.91 Å². The quantitative estimate of drug-likeness (QED) is 0.625. The van der Waals surface area contributed by atoms with Crippen LogP contribution in [0.1, 0.15) is 25.3 Å². The molecular weight excluding hydrogens is 230 g/mol. The van der Waals surface area contributed by atoms with Crippen molar-refractivity contribution in [2.24, 2.45) is 0 Å². The lowest BCUT2D eigenvalue weighted by Crippen LogP contribution is -2.30. The van der Waals surface area contributed by atoms with Crippen LogP contribution in [0, 0.1) is 0 Å². The number of amides is 3. The van der Waals surface area contributed by atoms with Gasteiger partial charge in [-0.2, -0.15) is 0 Å². The summed E-state index contributed by atoms with van der Waals surface area (Å²) < 4.78 is 0. The number of urea groups is 1. The largest absolute Gasteiger partial charge is 0.399 e. The van der Waals surface area contributed by atoms with Crippen LogP contribution in [-0.4, -0.2) is 22.9 Å². The number of nitrogens with one attached hydrogen (secondary N) is 1. The van der Waals surface area contributed by atoms with Gasteiger partial charge in [0, 0.05) is 5.69 Å². The van der Waals surface area contributed by atoms with E-state index in [0.29, 0.717) is 12.1 Å². The molecule has 1 aromatic rings. The molecule has 1 aliphatic heterocycles. The predicted octanol–water partition coefficient (Wildman–Crippen LogP) is 1.49. The third-order valence-electron chi connectivity index (χ3n) is 2.98. The summed E-state index contributed by atoms with van der Waals surface area (Å²) in [5, 5.41) is 2.70. The van der Waals surface area contributed by atoms with E-state index in [-0.39, 0.29) is 24.5 Å². The molecule has 3 N–H and O–H groups in total. The molecule has 0 aliphatic carbocycles. The molecule has 1 aromatic carbocycles. The summed E-state index contributed by atoms with van der Waals surface area (Å²) in [6.45, 7) is 2.26. The summed E-state index contributed by atoms with van der Waals surface area (Å²) in [6, 6.07) is 6.52. The van der Waals surface area contributed by atoms with Gasteiger partial charge < -0.3 is 11.1 Å². The summed E-state index contributed by atoms with van der Waals surface area (Å²) in [6.07, 6.45) is 1.54. The molecule has 5 nitrogen and oxygen atoms in total. The summed E-state index contributed by atoms with van der Waals surface area (Å²) in [7, 11) is 0. The molecule has 3 amide bonds. The van der Waals surface area contributed by atoms with Crippen molar-refractivity contribution >= 4 is 17.6 Å². The van der Waals surface area contributed by atoms with E-state index in [4.69, 9.17) is 5.73 Å². The Balaban J connectivity index is 2.10. The number of imide groups is 1. The zero-order chi connectivity index (χ0) is 13.1. The number of carbonyl (C=O) groups excluding carboxylic acids is 2. The van der Waals surface area contributed by atoms with Crippen molar-refractivity contribution in [3.63, 3.8) is 0 Å². The molecule has 1 fully saturated rings. The third kappa shape index (κ3) is 2.45. The van der Waals surface area contributed by atoms with Crippen LogP contribution < -0.4 is 11.1 Å². The van der Waals surface area contributed by atoms with Crippen molar-refractivity contribution in [2.75, 3.05) is 5.73 Å². The summed E-state index contributed by atoms with van der Waals surface area (Å²) in [4.78, 5) is 25.0. The molecule has 1 saturated heterocycles. The van der Waals surface area contributed by atoms with Crippen LogP contribution in [0.3, 0.4) is 0 Å². The Morgan fingerprint density at radius 3 is 2.83 bits per heavy atom. The van der Waals surface area contributed by atoms with Crippen molar-refractivity contribution in [3.05, 3.63) is 29.8 Å². The molecule has 18 heavy (non-hydrogen) atoms. The van der Waals surface area contributed by atoms with E-state index in [1.165, 1.54) is 4.90 Å². The molecule has 0 bridgehead atoms. The molecule has 1 aliphatic rings. The van der Waals surface area contributed by atoms with Gasteiger partial charge in [0.1, 0.15) is 6.04 Å². The number of benzene rings is 1. The average molecular weight is 247 g/mol. The van der Waals surface area contributed by atoms with Crippen LogP contribution in [0.2, 0.25) is 0 Å². The fourth-order valence-corrected chi connectivity index (χ4v) is 2.08. The van der Waals surface area contributed by atoms with Crippen molar-refractivity contribution < 1.29 is 9.59 Å². The number of anilines is 1. The number of hydrogen-bond acceptors (Lipinski definition) is 3. The number of nitrogens with two attached hydrogens (primary N) is 1. The minimum Gasteiger partial charge on any atom is -0.399 e. The summed E-state index contributed by atoms with van der Waals surface area (Å²) >= 11 is 0. The van der Waals surface area contributed by atoms with Crippen LogP contribution in [0.15, 0.2) is 24.3 Å². The van der Waals surface area contributed by atoms with Gasteiger partial charge in [-0.3, -0.25) is 9.69 Å². The number of nitrogens with zero attached hydrogens (tertiary/aromatic N) is 1. The van der Waals surface area contributed by atoms with Gasteiger partial charge in [-0.1, -0.05) is 25.5 Å². The SMILES string of the molecule is CCCC1NC(=O)N(Cc2cccc(N)c2)C1=O. The van der Waals surface area contributed by atoms with Gasteiger partial charge >= 0.3 is 6.03 Å². The Labute approximate surface area is 106 Å². The number of hydrogen-bond donors (Lipinski definition) is 2. The first kappa shape index (κ1) is 12.4. The molecule has 2 rings (SSSR count). The van der Waals surface area contributed by atoms with Gasteiger partial charge in [0.05, 0.1) is 6.54 Å². The van der Waals surface area contributed by atoms with Gasteiger partial charge in [0.2, 0.25) is 0 Å². The molecule has 1 heterocycles. The Bertz CT molecular complexity index is 473. The number of carbonyl (C=O) groups is 2. The lowest BCUT2D eigenvalue weighted by atomic mass is 10.1. The maximum absolute atomic E-state index is 12.0. The lowest BCUT2D eigenvalue weighted by Gasteiger charge is -2.13. The van der Waals surface area contributed by atoms with E-state index < -0.39 is 0 Å². The van der Waals surface area contributed by atoms with Crippen LogP contribution in [0.25, 0.3) is 0 Å². The monoisotopic (exact) mass is 247 g/mol. The third-order valence-corrected chi connectivity index (χ3v) is 2.98. The predicted molar refractivity (Wildman–Crippen MR) is 68.6 cm³/mol. The van der Waals surface area contributed by atoms with Crippen molar-refractivity contribution in [1.29, 1.82) is 0 Å². The Hall–Kier alpha value is -2.04. The lowest BCUT2D eigenvalue weighted by molar-refractivity contribution is -0.128. The molecule has 5 heteroatoms. The molecule has 0 saturated carbocycles. The van der Waals surface area contributed by atoms with Crippen LogP contribution >= 0.6 is 0 Å². The molecule has 1 unspecified atom stereocenters. The van der Waals surface area contributed by atoms with Gasteiger partial charge in [-0.25, -0.2) is 4.79 Å². The highest BCUT2D eigenvalue weighted by atomic mass is 16.2. The van der Waals surface area contributed by atoms with Crippen LogP contribution in [-0.2, 0) is 11.3 Å². The van der Waals surface area contributed by atoms with Gasteiger partial charge in [0.15, 0.2) is 0 Å². The Morgan fingerprint density at radius 2 is 2.17 bits per heavy atom. The molecule has 0 spiro atoms. The van der Waals surface area contributed by atoms with Gasteiger partial charge in [-0.05, 0) is 24.1 Å². The van der Waals surface area contributed by atoms with Crippen molar-refractivity contribution in [2.45, 2.75) is 32.4 Å². The second kappa shape index (κ2) is 5.08. The number of rotatable bonds is 4. The summed E-state index contributed by atoms with van der Waals surface area (Å²) in [5.74, 6) is -0.149. The van der Waals surface area contributed by atoms with Crippen LogP contribution in [0.4, 0.5) is 10.5 Å². The topological polar surface area (TPSA) is 75.4 Å². The Kier molecular flexibility index (Phi) is 3.50. The second-order valence-electron chi connectivity index (χ2n) is 4.46. The minimum atomic E-state index is -0.372. The second-order valence-corrected chi connectivity index (χ2v) is 4.46. The molecule has 1 atom stereocenters. The van der Waals surface area contributed by atoms with Crippen molar-refractivity contribution in [3.8, 4) is 0 Å². The number of nitrogen functional groups attached to an aromatic ring is 1.